The van der Waals surface area contributed by atoms with Crippen LogP contribution >= 0.6 is 23.8 Å². The van der Waals surface area contributed by atoms with E-state index in [2.05, 4.69) is 15.8 Å². The van der Waals surface area contributed by atoms with Crippen molar-refractivity contribution in [2.75, 3.05) is 33.9 Å². The molecule has 0 aliphatic heterocycles. The summed E-state index contributed by atoms with van der Waals surface area (Å²) in [5, 5.41) is 7.71. The van der Waals surface area contributed by atoms with Crippen LogP contribution in [0.3, 0.4) is 0 Å². The number of ether oxygens (including phenoxy) is 2. The lowest BCUT2D eigenvalue weighted by molar-refractivity contribution is -0.130. The molecular formula is C16H23ClN4O3S. The van der Waals surface area contributed by atoms with Gasteiger partial charge in [0.15, 0.2) is 23.2 Å². The van der Waals surface area contributed by atoms with E-state index in [9.17, 15) is 4.79 Å². The van der Waals surface area contributed by atoms with Crippen LogP contribution in [-0.2, 0) is 4.79 Å². The summed E-state index contributed by atoms with van der Waals surface area (Å²) >= 11 is 11.3. The number of carbonyl (C=O) groups excluding carboxylic acids is 1. The molecule has 0 heterocycles. The Labute approximate surface area is 158 Å². The molecule has 0 radical (unpaired) electrons. The molecule has 0 aliphatic carbocycles. The Hall–Kier alpha value is -2.06. The highest BCUT2D eigenvalue weighted by molar-refractivity contribution is 7.80. The first kappa shape index (κ1) is 21.0. The van der Waals surface area contributed by atoms with Crippen molar-refractivity contribution < 1.29 is 14.3 Å². The molecule has 0 spiro atoms. The van der Waals surface area contributed by atoms with Crippen molar-refractivity contribution in [1.29, 1.82) is 0 Å². The third-order valence-electron chi connectivity index (χ3n) is 2.89. The summed E-state index contributed by atoms with van der Waals surface area (Å²) in [4.78, 5) is 13.1. The number of nitrogens with zero attached hydrogens (tertiary/aromatic N) is 2. The zero-order valence-corrected chi connectivity index (χ0v) is 16.3. The highest BCUT2D eigenvalue weighted by Crippen LogP contribution is 2.36. The number of rotatable bonds is 8. The van der Waals surface area contributed by atoms with Gasteiger partial charge in [-0.2, -0.15) is 5.10 Å². The van der Waals surface area contributed by atoms with Crippen molar-refractivity contribution in [2.45, 2.75) is 13.8 Å². The molecular weight excluding hydrogens is 364 g/mol. The SMILES string of the molecule is CCNC(=S)N/N=C\c1cc(Cl)c(OCC(=O)N(C)C)c(OCC)c1. The van der Waals surface area contributed by atoms with Crippen LogP contribution < -0.4 is 20.2 Å². The molecule has 25 heavy (non-hydrogen) atoms. The van der Waals surface area contributed by atoms with Gasteiger partial charge in [0.25, 0.3) is 5.91 Å². The van der Waals surface area contributed by atoms with Gasteiger partial charge in [-0.1, -0.05) is 11.6 Å². The van der Waals surface area contributed by atoms with Gasteiger partial charge in [0.2, 0.25) is 0 Å². The molecule has 0 atom stereocenters. The second-order valence-corrected chi connectivity index (χ2v) is 5.88. The van der Waals surface area contributed by atoms with Crippen LogP contribution in [0.25, 0.3) is 0 Å². The Morgan fingerprint density at radius 3 is 2.68 bits per heavy atom. The number of likely N-dealkylation sites (N-methyl/N-ethyl adjacent to an activating group) is 1. The number of hydrogen-bond acceptors (Lipinski definition) is 5. The van der Waals surface area contributed by atoms with Crippen LogP contribution in [0.1, 0.15) is 19.4 Å². The minimum Gasteiger partial charge on any atom is -0.490 e. The van der Waals surface area contributed by atoms with Crippen LogP contribution in [-0.4, -0.2) is 56.0 Å². The van der Waals surface area contributed by atoms with E-state index in [-0.39, 0.29) is 12.5 Å². The molecule has 138 valence electrons. The second-order valence-electron chi connectivity index (χ2n) is 5.07. The summed E-state index contributed by atoms with van der Waals surface area (Å²) in [6.45, 7) is 4.79. The Balaban J connectivity index is 2.92. The number of halogens is 1. The average Bonchev–Trinajstić information content (AvgIpc) is 2.54. The number of nitrogens with one attached hydrogen (secondary N) is 2. The van der Waals surface area contributed by atoms with Crippen molar-refractivity contribution in [3.8, 4) is 11.5 Å². The van der Waals surface area contributed by atoms with Gasteiger partial charge in [-0.15, -0.1) is 0 Å². The molecule has 9 heteroatoms. The van der Waals surface area contributed by atoms with Crippen molar-refractivity contribution in [1.82, 2.24) is 15.6 Å². The fourth-order valence-corrected chi connectivity index (χ4v) is 2.16. The van der Waals surface area contributed by atoms with E-state index in [0.29, 0.717) is 40.3 Å². The first-order valence-corrected chi connectivity index (χ1v) is 8.53. The van der Waals surface area contributed by atoms with E-state index in [1.807, 2.05) is 13.8 Å². The van der Waals surface area contributed by atoms with Gasteiger partial charge >= 0.3 is 0 Å². The topological polar surface area (TPSA) is 75.2 Å². The quantitative estimate of drug-likeness (QED) is 0.404. The minimum atomic E-state index is -0.176. The zero-order chi connectivity index (χ0) is 18.8. The van der Waals surface area contributed by atoms with Crippen LogP contribution in [0.2, 0.25) is 5.02 Å². The van der Waals surface area contributed by atoms with E-state index in [0.717, 1.165) is 0 Å². The van der Waals surface area contributed by atoms with E-state index in [1.165, 1.54) is 4.90 Å². The fraction of sp³-hybridized carbons (Fsp3) is 0.438. The summed E-state index contributed by atoms with van der Waals surface area (Å²) in [6, 6.07) is 3.40. The summed E-state index contributed by atoms with van der Waals surface area (Å²) in [5.41, 5.74) is 3.40. The van der Waals surface area contributed by atoms with Crippen molar-refractivity contribution >= 4 is 41.1 Å². The highest BCUT2D eigenvalue weighted by atomic mass is 35.5. The third-order valence-corrected chi connectivity index (χ3v) is 3.40. The van der Waals surface area contributed by atoms with E-state index < -0.39 is 0 Å². The molecule has 2 N–H and O–H groups in total. The number of hydrogen-bond donors (Lipinski definition) is 2. The van der Waals surface area contributed by atoms with Crippen molar-refractivity contribution in [3.05, 3.63) is 22.7 Å². The zero-order valence-electron chi connectivity index (χ0n) is 14.8. The van der Waals surface area contributed by atoms with Crippen LogP contribution in [0.4, 0.5) is 0 Å². The van der Waals surface area contributed by atoms with Crippen LogP contribution in [0.15, 0.2) is 17.2 Å². The molecule has 1 rings (SSSR count). The van der Waals surface area contributed by atoms with Gasteiger partial charge in [-0.3, -0.25) is 10.2 Å². The molecule has 0 bridgehead atoms. The molecule has 0 aliphatic rings. The Morgan fingerprint density at radius 2 is 2.08 bits per heavy atom. The van der Waals surface area contributed by atoms with E-state index in [4.69, 9.17) is 33.3 Å². The maximum Gasteiger partial charge on any atom is 0.259 e. The number of carbonyl (C=O) groups is 1. The summed E-state index contributed by atoms with van der Waals surface area (Å²) in [5.74, 6) is 0.592. The average molecular weight is 387 g/mol. The molecule has 1 amide bonds. The third kappa shape index (κ3) is 7.15. The predicted molar refractivity (Wildman–Crippen MR) is 104 cm³/mol. The lowest BCUT2D eigenvalue weighted by atomic mass is 10.2. The van der Waals surface area contributed by atoms with Crippen LogP contribution in [0.5, 0.6) is 11.5 Å². The van der Waals surface area contributed by atoms with E-state index in [1.54, 1.807) is 32.4 Å². The maximum absolute atomic E-state index is 11.7. The minimum absolute atomic E-state index is 0.126. The normalized spacial score (nSPS) is 10.4. The Bertz CT molecular complexity index is 638. The number of benzene rings is 1. The monoisotopic (exact) mass is 386 g/mol. The fourth-order valence-electron chi connectivity index (χ4n) is 1.69. The van der Waals surface area contributed by atoms with Gasteiger partial charge in [0.1, 0.15) is 0 Å². The number of hydrazone groups is 1. The smallest absolute Gasteiger partial charge is 0.259 e. The Morgan fingerprint density at radius 1 is 1.36 bits per heavy atom. The Kier molecular flexibility index (Phi) is 9.01. The summed E-state index contributed by atoms with van der Waals surface area (Å²) < 4.78 is 11.1. The molecule has 1 aromatic carbocycles. The molecule has 1 aromatic rings. The molecule has 7 nitrogen and oxygen atoms in total. The van der Waals surface area contributed by atoms with E-state index >= 15 is 0 Å². The van der Waals surface area contributed by atoms with Gasteiger partial charge < -0.3 is 19.7 Å². The summed E-state index contributed by atoms with van der Waals surface area (Å²) in [6.07, 6.45) is 1.56. The molecule has 0 saturated heterocycles. The first-order valence-electron chi connectivity index (χ1n) is 7.75. The van der Waals surface area contributed by atoms with Gasteiger partial charge in [-0.05, 0) is 43.8 Å². The molecule has 0 aromatic heterocycles. The van der Waals surface area contributed by atoms with Crippen molar-refractivity contribution in [3.63, 3.8) is 0 Å². The lowest BCUT2D eigenvalue weighted by Gasteiger charge is -2.16. The van der Waals surface area contributed by atoms with Gasteiger partial charge in [-0.25, -0.2) is 0 Å². The van der Waals surface area contributed by atoms with Crippen molar-refractivity contribution in [2.24, 2.45) is 5.10 Å². The number of thiocarbonyl (C=S) groups is 1. The van der Waals surface area contributed by atoms with Gasteiger partial charge in [0.05, 0.1) is 17.8 Å². The second kappa shape index (κ2) is 10.7. The van der Waals surface area contributed by atoms with Crippen LogP contribution in [0, 0.1) is 0 Å². The summed E-state index contributed by atoms with van der Waals surface area (Å²) in [7, 11) is 3.31. The molecule has 0 unspecified atom stereocenters. The standard InChI is InChI=1S/C16H23ClN4O3S/c1-5-18-16(25)20-19-9-11-7-12(17)15(13(8-11)23-6-2)24-10-14(22)21(3)4/h7-9H,5-6,10H2,1-4H3,(H2,18,20,25)/b19-9-. The molecule has 0 fully saturated rings. The number of amides is 1. The first-order chi connectivity index (χ1) is 11.9. The largest absolute Gasteiger partial charge is 0.490 e. The maximum atomic E-state index is 11.7. The molecule has 0 saturated carbocycles. The highest BCUT2D eigenvalue weighted by Gasteiger charge is 2.14. The predicted octanol–water partition coefficient (Wildman–Crippen LogP) is 2.02. The lowest BCUT2D eigenvalue weighted by Crippen LogP contribution is -2.31. The van der Waals surface area contributed by atoms with Gasteiger partial charge in [0, 0.05) is 20.6 Å².